The van der Waals surface area contributed by atoms with Gasteiger partial charge in [0, 0.05) is 0 Å². The van der Waals surface area contributed by atoms with Crippen LogP contribution in [0.4, 0.5) is 0 Å². The van der Waals surface area contributed by atoms with Gasteiger partial charge in [0.25, 0.3) is 0 Å². The number of aromatic carboxylic acids is 2. The Balaban J connectivity index is 1.82. The number of carboxylic acid groups (broad SMARTS) is 2. The van der Waals surface area contributed by atoms with Gasteiger partial charge in [-0.15, -0.1) is 0 Å². The Labute approximate surface area is 145 Å². The summed E-state index contributed by atoms with van der Waals surface area (Å²) in [5.74, 6) is -1.20. The summed E-state index contributed by atoms with van der Waals surface area (Å²) in [6, 6.07) is 11.4. The molecule has 0 aliphatic heterocycles. The minimum atomic E-state index is -1.16. The molecule has 3 rings (SSSR count). The molecule has 1 fully saturated rings. The SMILES string of the molecule is O=C(O)c1ccc(C(=O)O)c(Oc2ccc(C3CCCCC3)cc2)c1. The summed E-state index contributed by atoms with van der Waals surface area (Å²) in [4.78, 5) is 22.4. The molecule has 0 spiro atoms. The molecule has 0 aromatic heterocycles. The molecule has 5 heteroatoms. The second kappa shape index (κ2) is 7.38. The van der Waals surface area contributed by atoms with E-state index in [1.54, 1.807) is 0 Å². The Morgan fingerprint density at radius 2 is 1.56 bits per heavy atom. The smallest absolute Gasteiger partial charge is 0.339 e. The van der Waals surface area contributed by atoms with Gasteiger partial charge < -0.3 is 14.9 Å². The quantitative estimate of drug-likeness (QED) is 0.807. The fraction of sp³-hybridized carbons (Fsp3) is 0.300. The normalized spacial score (nSPS) is 14.9. The van der Waals surface area contributed by atoms with E-state index in [-0.39, 0.29) is 16.9 Å². The van der Waals surface area contributed by atoms with Crippen molar-refractivity contribution in [2.75, 3.05) is 0 Å². The zero-order valence-corrected chi connectivity index (χ0v) is 13.8. The zero-order valence-electron chi connectivity index (χ0n) is 13.8. The first-order valence-electron chi connectivity index (χ1n) is 8.43. The van der Waals surface area contributed by atoms with Crippen LogP contribution < -0.4 is 4.74 Å². The molecule has 1 aliphatic rings. The Bertz CT molecular complexity index is 773. The molecule has 0 unspecified atom stereocenters. The molecule has 1 saturated carbocycles. The topological polar surface area (TPSA) is 83.8 Å². The summed E-state index contributed by atoms with van der Waals surface area (Å²) in [7, 11) is 0. The average Bonchev–Trinajstić information content (AvgIpc) is 2.63. The van der Waals surface area contributed by atoms with E-state index >= 15 is 0 Å². The minimum absolute atomic E-state index is 0.0150. The van der Waals surface area contributed by atoms with E-state index in [9.17, 15) is 14.7 Å². The summed E-state index contributed by atoms with van der Waals surface area (Å²) in [6.45, 7) is 0. The minimum Gasteiger partial charge on any atom is -0.478 e. The molecule has 0 bridgehead atoms. The molecule has 0 heterocycles. The van der Waals surface area contributed by atoms with Crippen molar-refractivity contribution >= 4 is 11.9 Å². The summed E-state index contributed by atoms with van der Waals surface area (Å²) in [5, 5.41) is 18.3. The molecule has 2 aromatic rings. The molecule has 1 aliphatic carbocycles. The molecular formula is C20H20O5. The first kappa shape index (κ1) is 17.0. The Kier molecular flexibility index (Phi) is 5.03. The van der Waals surface area contributed by atoms with Crippen molar-refractivity contribution in [2.24, 2.45) is 0 Å². The molecule has 0 saturated heterocycles. The predicted octanol–water partition coefficient (Wildman–Crippen LogP) is 4.92. The third kappa shape index (κ3) is 3.99. The van der Waals surface area contributed by atoms with E-state index in [2.05, 4.69) is 0 Å². The highest BCUT2D eigenvalue weighted by molar-refractivity contribution is 5.94. The van der Waals surface area contributed by atoms with Crippen LogP contribution in [0, 0.1) is 0 Å². The lowest BCUT2D eigenvalue weighted by Crippen LogP contribution is -2.05. The van der Waals surface area contributed by atoms with Crippen molar-refractivity contribution < 1.29 is 24.5 Å². The highest BCUT2D eigenvalue weighted by Gasteiger charge is 2.17. The van der Waals surface area contributed by atoms with Crippen molar-refractivity contribution in [1.29, 1.82) is 0 Å². The zero-order chi connectivity index (χ0) is 17.8. The number of ether oxygens (including phenoxy) is 1. The van der Waals surface area contributed by atoms with Gasteiger partial charge in [0.2, 0.25) is 0 Å². The van der Waals surface area contributed by atoms with Crippen LogP contribution >= 0.6 is 0 Å². The Hall–Kier alpha value is -2.82. The summed E-state index contributed by atoms with van der Waals surface area (Å²) >= 11 is 0. The van der Waals surface area contributed by atoms with Gasteiger partial charge in [-0.05, 0) is 54.7 Å². The van der Waals surface area contributed by atoms with Crippen LogP contribution in [0.15, 0.2) is 42.5 Å². The van der Waals surface area contributed by atoms with Gasteiger partial charge >= 0.3 is 11.9 Å². The number of benzene rings is 2. The molecule has 5 nitrogen and oxygen atoms in total. The number of carboxylic acids is 2. The first-order valence-corrected chi connectivity index (χ1v) is 8.43. The van der Waals surface area contributed by atoms with Crippen molar-refractivity contribution in [3.05, 3.63) is 59.2 Å². The lowest BCUT2D eigenvalue weighted by atomic mass is 9.84. The van der Waals surface area contributed by atoms with Gasteiger partial charge in [0.05, 0.1) is 5.56 Å². The van der Waals surface area contributed by atoms with Crippen LogP contribution in [0.2, 0.25) is 0 Å². The van der Waals surface area contributed by atoms with E-state index in [0.29, 0.717) is 11.7 Å². The second-order valence-corrected chi connectivity index (χ2v) is 6.33. The maximum absolute atomic E-state index is 11.3. The van der Waals surface area contributed by atoms with Gasteiger partial charge in [0.1, 0.15) is 17.1 Å². The van der Waals surface area contributed by atoms with Crippen LogP contribution in [-0.4, -0.2) is 22.2 Å². The molecule has 130 valence electrons. The first-order chi connectivity index (χ1) is 12.0. The average molecular weight is 340 g/mol. The van der Waals surface area contributed by atoms with Gasteiger partial charge in [-0.2, -0.15) is 0 Å². The van der Waals surface area contributed by atoms with E-state index in [0.717, 1.165) is 0 Å². The fourth-order valence-corrected chi connectivity index (χ4v) is 3.29. The van der Waals surface area contributed by atoms with Crippen LogP contribution in [0.3, 0.4) is 0 Å². The molecular weight excluding hydrogens is 320 g/mol. The highest BCUT2D eigenvalue weighted by Crippen LogP contribution is 2.34. The third-order valence-electron chi connectivity index (χ3n) is 4.64. The van der Waals surface area contributed by atoms with Crippen molar-refractivity contribution in [1.82, 2.24) is 0 Å². The molecule has 2 aromatic carbocycles. The molecule has 2 N–H and O–H groups in total. The molecule has 25 heavy (non-hydrogen) atoms. The number of hydrogen-bond donors (Lipinski definition) is 2. The summed E-state index contributed by atoms with van der Waals surface area (Å²) in [6.07, 6.45) is 6.21. The monoisotopic (exact) mass is 340 g/mol. The van der Waals surface area contributed by atoms with E-state index < -0.39 is 11.9 Å². The largest absolute Gasteiger partial charge is 0.478 e. The van der Waals surface area contributed by atoms with Crippen LogP contribution in [0.5, 0.6) is 11.5 Å². The van der Waals surface area contributed by atoms with E-state index in [1.807, 2.05) is 24.3 Å². The van der Waals surface area contributed by atoms with E-state index in [1.165, 1.54) is 55.9 Å². The van der Waals surface area contributed by atoms with E-state index in [4.69, 9.17) is 9.84 Å². The maximum atomic E-state index is 11.3. The number of hydrogen-bond acceptors (Lipinski definition) is 3. The van der Waals surface area contributed by atoms with Gasteiger partial charge in [-0.25, -0.2) is 9.59 Å². The summed E-state index contributed by atoms with van der Waals surface area (Å²) < 4.78 is 5.66. The number of carbonyl (C=O) groups is 2. The van der Waals surface area contributed by atoms with Gasteiger partial charge in [0.15, 0.2) is 0 Å². The van der Waals surface area contributed by atoms with Gasteiger partial charge in [-0.1, -0.05) is 31.4 Å². The Morgan fingerprint density at radius 3 is 2.16 bits per heavy atom. The second-order valence-electron chi connectivity index (χ2n) is 6.33. The molecule has 0 radical (unpaired) electrons. The Morgan fingerprint density at radius 1 is 0.880 bits per heavy atom. The number of rotatable bonds is 5. The molecule has 0 atom stereocenters. The lowest BCUT2D eigenvalue weighted by Gasteiger charge is -2.22. The highest BCUT2D eigenvalue weighted by atomic mass is 16.5. The predicted molar refractivity (Wildman–Crippen MR) is 92.7 cm³/mol. The molecule has 0 amide bonds. The van der Waals surface area contributed by atoms with Crippen LogP contribution in [0.1, 0.15) is 64.3 Å². The van der Waals surface area contributed by atoms with Crippen molar-refractivity contribution in [2.45, 2.75) is 38.0 Å². The summed E-state index contributed by atoms with van der Waals surface area (Å²) in [5.41, 5.74) is 1.19. The van der Waals surface area contributed by atoms with Gasteiger partial charge in [-0.3, -0.25) is 0 Å². The lowest BCUT2D eigenvalue weighted by molar-refractivity contribution is 0.0678. The fourth-order valence-electron chi connectivity index (χ4n) is 3.29. The van der Waals surface area contributed by atoms with Crippen LogP contribution in [0.25, 0.3) is 0 Å². The van der Waals surface area contributed by atoms with Crippen molar-refractivity contribution in [3.63, 3.8) is 0 Å². The van der Waals surface area contributed by atoms with Crippen molar-refractivity contribution in [3.8, 4) is 11.5 Å². The van der Waals surface area contributed by atoms with Crippen LogP contribution in [-0.2, 0) is 0 Å². The maximum Gasteiger partial charge on any atom is 0.339 e. The third-order valence-corrected chi connectivity index (χ3v) is 4.64. The standard InChI is InChI=1S/C20H20O5/c21-19(22)15-8-11-17(20(23)24)18(12-15)25-16-9-6-14(7-10-16)13-4-2-1-3-5-13/h6-13H,1-5H2,(H,21,22)(H,23,24).